The fourth-order valence-corrected chi connectivity index (χ4v) is 2.52. The number of benzene rings is 1. The van der Waals surface area contributed by atoms with Crippen LogP contribution in [-0.4, -0.2) is 14.8 Å². The van der Waals surface area contributed by atoms with Crippen molar-refractivity contribution in [2.24, 2.45) is 0 Å². The molecule has 0 aliphatic heterocycles. The molecule has 110 valence electrons. The summed E-state index contributed by atoms with van der Waals surface area (Å²) in [6.45, 7) is 7.29. The lowest BCUT2D eigenvalue weighted by atomic mass is 10.2. The standard InChI is InChI=1S/C17H21N3O/c1-4-5-10-20-14-9-7-6-8-13(14)11-15(20)17-19-18-16(21-17)12(2)3/h6-9,11-12H,4-5,10H2,1-3H3. The van der Waals surface area contributed by atoms with Gasteiger partial charge in [-0.15, -0.1) is 10.2 Å². The predicted molar refractivity (Wildman–Crippen MR) is 84.2 cm³/mol. The average Bonchev–Trinajstić information content (AvgIpc) is 3.09. The minimum absolute atomic E-state index is 0.250. The zero-order valence-corrected chi connectivity index (χ0v) is 12.8. The highest BCUT2D eigenvalue weighted by Crippen LogP contribution is 2.29. The summed E-state index contributed by atoms with van der Waals surface area (Å²) in [5.74, 6) is 1.56. The van der Waals surface area contributed by atoms with E-state index >= 15 is 0 Å². The largest absolute Gasteiger partial charge is 0.419 e. The first-order valence-electron chi connectivity index (χ1n) is 7.62. The summed E-state index contributed by atoms with van der Waals surface area (Å²) in [7, 11) is 0. The van der Waals surface area contributed by atoms with Crippen LogP contribution in [0.4, 0.5) is 0 Å². The van der Waals surface area contributed by atoms with Crippen LogP contribution in [0.3, 0.4) is 0 Å². The van der Waals surface area contributed by atoms with Gasteiger partial charge in [0.1, 0.15) is 5.69 Å². The first-order valence-corrected chi connectivity index (χ1v) is 7.62. The molecule has 4 nitrogen and oxygen atoms in total. The number of hydrogen-bond donors (Lipinski definition) is 0. The van der Waals surface area contributed by atoms with E-state index in [0.29, 0.717) is 11.8 Å². The predicted octanol–water partition coefficient (Wildman–Crippen LogP) is 4.61. The number of aromatic nitrogens is 3. The van der Waals surface area contributed by atoms with Gasteiger partial charge in [0.15, 0.2) is 0 Å². The Kier molecular flexibility index (Phi) is 3.78. The molecule has 0 spiro atoms. The lowest BCUT2D eigenvalue weighted by Gasteiger charge is -2.07. The maximum Gasteiger partial charge on any atom is 0.264 e. The summed E-state index contributed by atoms with van der Waals surface area (Å²) in [6.07, 6.45) is 2.30. The second kappa shape index (κ2) is 5.72. The maximum atomic E-state index is 5.84. The molecule has 0 bridgehead atoms. The van der Waals surface area contributed by atoms with Crippen LogP contribution in [-0.2, 0) is 6.54 Å². The number of fused-ring (bicyclic) bond motifs is 1. The molecule has 0 unspecified atom stereocenters. The van der Waals surface area contributed by atoms with Crippen molar-refractivity contribution in [2.75, 3.05) is 0 Å². The molecule has 0 aliphatic carbocycles. The summed E-state index contributed by atoms with van der Waals surface area (Å²) in [5.41, 5.74) is 2.24. The molecule has 3 rings (SSSR count). The lowest BCUT2D eigenvalue weighted by molar-refractivity contribution is 0.476. The van der Waals surface area contributed by atoms with Gasteiger partial charge >= 0.3 is 0 Å². The number of hydrogen-bond acceptors (Lipinski definition) is 3. The smallest absolute Gasteiger partial charge is 0.264 e. The second-order valence-electron chi connectivity index (χ2n) is 5.69. The van der Waals surface area contributed by atoms with Crippen molar-refractivity contribution in [1.82, 2.24) is 14.8 Å². The zero-order chi connectivity index (χ0) is 14.8. The molecule has 4 heteroatoms. The number of aryl methyl sites for hydroxylation is 1. The topological polar surface area (TPSA) is 43.9 Å². The molecule has 0 saturated carbocycles. The van der Waals surface area contributed by atoms with Gasteiger partial charge in [-0.2, -0.15) is 0 Å². The highest BCUT2D eigenvalue weighted by atomic mass is 16.4. The minimum atomic E-state index is 0.250. The average molecular weight is 283 g/mol. The van der Waals surface area contributed by atoms with E-state index in [1.54, 1.807) is 0 Å². The van der Waals surface area contributed by atoms with Crippen LogP contribution in [0.1, 0.15) is 45.4 Å². The summed E-state index contributed by atoms with van der Waals surface area (Å²) < 4.78 is 8.13. The van der Waals surface area contributed by atoms with Gasteiger partial charge in [-0.3, -0.25) is 0 Å². The lowest BCUT2D eigenvalue weighted by Crippen LogP contribution is -1.99. The van der Waals surface area contributed by atoms with Gasteiger partial charge in [0.25, 0.3) is 5.89 Å². The van der Waals surface area contributed by atoms with Gasteiger partial charge in [-0.25, -0.2) is 0 Å². The van der Waals surface area contributed by atoms with Crippen molar-refractivity contribution >= 4 is 10.9 Å². The SMILES string of the molecule is CCCCn1c(-c2nnc(C(C)C)o2)cc2ccccc21. The van der Waals surface area contributed by atoms with Crippen molar-refractivity contribution in [2.45, 2.75) is 46.1 Å². The third-order valence-electron chi connectivity index (χ3n) is 3.70. The Morgan fingerprint density at radius 2 is 2.00 bits per heavy atom. The van der Waals surface area contributed by atoms with E-state index in [1.165, 1.54) is 10.9 Å². The van der Waals surface area contributed by atoms with E-state index in [4.69, 9.17) is 4.42 Å². The van der Waals surface area contributed by atoms with E-state index in [2.05, 4.69) is 65.9 Å². The Morgan fingerprint density at radius 1 is 1.19 bits per heavy atom. The van der Waals surface area contributed by atoms with Crippen LogP contribution in [0.15, 0.2) is 34.7 Å². The monoisotopic (exact) mass is 283 g/mol. The van der Waals surface area contributed by atoms with Gasteiger partial charge in [0.05, 0.1) is 0 Å². The van der Waals surface area contributed by atoms with E-state index in [-0.39, 0.29) is 5.92 Å². The van der Waals surface area contributed by atoms with Crippen LogP contribution in [0.2, 0.25) is 0 Å². The van der Waals surface area contributed by atoms with Gasteiger partial charge in [0, 0.05) is 23.4 Å². The third kappa shape index (κ3) is 2.58. The first kappa shape index (κ1) is 13.9. The van der Waals surface area contributed by atoms with Crippen molar-refractivity contribution in [3.63, 3.8) is 0 Å². The second-order valence-corrected chi connectivity index (χ2v) is 5.69. The van der Waals surface area contributed by atoms with Crippen molar-refractivity contribution < 1.29 is 4.42 Å². The van der Waals surface area contributed by atoms with Crippen LogP contribution >= 0.6 is 0 Å². The maximum absolute atomic E-state index is 5.84. The molecule has 0 saturated heterocycles. The van der Waals surface area contributed by atoms with Gasteiger partial charge in [-0.1, -0.05) is 45.4 Å². The molecule has 0 fully saturated rings. The summed E-state index contributed by atoms with van der Waals surface area (Å²) >= 11 is 0. The fourth-order valence-electron chi connectivity index (χ4n) is 2.52. The van der Waals surface area contributed by atoms with Crippen molar-refractivity contribution in [3.8, 4) is 11.6 Å². The molecule has 2 aromatic heterocycles. The Bertz CT molecular complexity index is 739. The van der Waals surface area contributed by atoms with E-state index in [9.17, 15) is 0 Å². The number of unbranched alkanes of at least 4 members (excludes halogenated alkanes) is 1. The summed E-state index contributed by atoms with van der Waals surface area (Å²) in [5, 5.41) is 9.60. The molecule has 21 heavy (non-hydrogen) atoms. The highest BCUT2D eigenvalue weighted by molar-refractivity contribution is 5.85. The van der Waals surface area contributed by atoms with E-state index in [0.717, 1.165) is 25.1 Å². The summed E-state index contributed by atoms with van der Waals surface area (Å²) in [4.78, 5) is 0. The molecule has 0 radical (unpaired) electrons. The normalized spacial score (nSPS) is 11.6. The van der Waals surface area contributed by atoms with Crippen LogP contribution in [0.5, 0.6) is 0 Å². The molecule has 0 aliphatic rings. The highest BCUT2D eigenvalue weighted by Gasteiger charge is 2.17. The fraction of sp³-hybridized carbons (Fsp3) is 0.412. The Labute approximate surface area is 124 Å². The number of rotatable bonds is 5. The van der Waals surface area contributed by atoms with Crippen molar-refractivity contribution in [1.29, 1.82) is 0 Å². The van der Waals surface area contributed by atoms with E-state index in [1.807, 2.05) is 0 Å². The molecular weight excluding hydrogens is 262 g/mol. The van der Waals surface area contributed by atoms with Gasteiger partial charge < -0.3 is 8.98 Å². The number of nitrogens with zero attached hydrogens (tertiary/aromatic N) is 3. The Balaban J connectivity index is 2.11. The Hall–Kier alpha value is -2.10. The van der Waals surface area contributed by atoms with E-state index < -0.39 is 0 Å². The van der Waals surface area contributed by atoms with Crippen LogP contribution in [0, 0.1) is 0 Å². The molecule has 2 heterocycles. The quantitative estimate of drug-likeness (QED) is 0.686. The van der Waals surface area contributed by atoms with Gasteiger partial charge in [0.2, 0.25) is 5.89 Å². The molecule has 3 aromatic rings. The Morgan fingerprint density at radius 3 is 2.71 bits per heavy atom. The molecular formula is C17H21N3O. The van der Waals surface area contributed by atoms with Crippen LogP contribution < -0.4 is 0 Å². The summed E-state index contributed by atoms with van der Waals surface area (Å²) in [6, 6.07) is 10.5. The molecule has 0 atom stereocenters. The molecule has 0 N–H and O–H groups in total. The van der Waals surface area contributed by atoms with Gasteiger partial charge in [-0.05, 0) is 18.6 Å². The van der Waals surface area contributed by atoms with Crippen LogP contribution in [0.25, 0.3) is 22.5 Å². The molecule has 0 amide bonds. The first-order chi connectivity index (χ1) is 10.2. The minimum Gasteiger partial charge on any atom is -0.419 e. The number of para-hydroxylation sites is 1. The molecule has 1 aromatic carbocycles. The van der Waals surface area contributed by atoms with Crippen molar-refractivity contribution in [3.05, 3.63) is 36.2 Å². The third-order valence-corrected chi connectivity index (χ3v) is 3.70. The zero-order valence-electron chi connectivity index (χ0n) is 12.8.